The molecule has 2 heterocycles. The van der Waals surface area contributed by atoms with Gasteiger partial charge in [0.05, 0.1) is 0 Å². The van der Waals surface area contributed by atoms with Crippen LogP contribution in [0.5, 0.6) is 0 Å². The number of aromatic nitrogens is 2. The highest BCUT2D eigenvalue weighted by atomic mass is 32.1. The molecule has 0 aromatic carbocycles. The van der Waals surface area contributed by atoms with Gasteiger partial charge in [-0.15, -0.1) is 0 Å². The number of hydrogen-bond acceptors (Lipinski definition) is 5. The van der Waals surface area contributed by atoms with Gasteiger partial charge in [0, 0.05) is 31.0 Å². The fourth-order valence-electron chi connectivity index (χ4n) is 2.38. The van der Waals surface area contributed by atoms with Gasteiger partial charge in [-0.3, -0.25) is 0 Å². The first-order valence-electron chi connectivity index (χ1n) is 7.06. The first kappa shape index (κ1) is 13.7. The van der Waals surface area contributed by atoms with Crippen LogP contribution in [0.1, 0.15) is 38.9 Å². The first-order valence-corrected chi connectivity index (χ1v) is 7.84. The average molecular weight is 268 g/mol. The van der Waals surface area contributed by atoms with Crippen LogP contribution in [-0.2, 0) is 6.42 Å². The van der Waals surface area contributed by atoms with E-state index in [-0.39, 0.29) is 0 Å². The Labute approximate surface area is 114 Å². The van der Waals surface area contributed by atoms with Crippen molar-refractivity contribution in [1.29, 1.82) is 0 Å². The van der Waals surface area contributed by atoms with Crippen molar-refractivity contribution in [3.05, 3.63) is 5.82 Å². The lowest BCUT2D eigenvalue weighted by molar-refractivity contribution is 0.204. The molecule has 1 saturated heterocycles. The molecule has 4 nitrogen and oxygen atoms in total. The number of aryl methyl sites for hydroxylation is 1. The number of hydrogen-bond donors (Lipinski definition) is 1. The van der Waals surface area contributed by atoms with Crippen molar-refractivity contribution in [2.24, 2.45) is 5.92 Å². The van der Waals surface area contributed by atoms with Gasteiger partial charge in [0.1, 0.15) is 5.82 Å². The summed E-state index contributed by atoms with van der Waals surface area (Å²) in [5.74, 6) is 1.61. The van der Waals surface area contributed by atoms with Gasteiger partial charge >= 0.3 is 0 Å². The van der Waals surface area contributed by atoms with Crippen molar-refractivity contribution >= 4 is 16.7 Å². The topological polar surface area (TPSA) is 41.1 Å². The lowest BCUT2D eigenvalue weighted by atomic mass is 10.1. The summed E-state index contributed by atoms with van der Waals surface area (Å²) >= 11 is 1.48. The van der Waals surface area contributed by atoms with Crippen LogP contribution in [0.3, 0.4) is 0 Å². The Hall–Kier alpha value is -0.680. The lowest BCUT2D eigenvalue weighted by Gasteiger charge is -2.29. The van der Waals surface area contributed by atoms with Crippen LogP contribution in [0.4, 0.5) is 5.13 Å². The SMILES string of the molecule is CCc1nsc(NCC(C)CN2CCCCC2)n1. The summed E-state index contributed by atoms with van der Waals surface area (Å²) in [5, 5.41) is 4.38. The molecule has 0 amide bonds. The largest absolute Gasteiger partial charge is 0.360 e. The maximum absolute atomic E-state index is 4.43. The van der Waals surface area contributed by atoms with E-state index in [1.54, 1.807) is 0 Å². The Kier molecular flexibility index (Phi) is 5.38. The predicted molar refractivity (Wildman–Crippen MR) is 77.2 cm³/mol. The van der Waals surface area contributed by atoms with Crippen LogP contribution >= 0.6 is 11.5 Å². The number of anilines is 1. The number of piperidine rings is 1. The zero-order valence-electron chi connectivity index (χ0n) is 11.5. The van der Waals surface area contributed by atoms with E-state index >= 15 is 0 Å². The van der Waals surface area contributed by atoms with E-state index in [1.807, 2.05) is 0 Å². The highest BCUT2D eigenvalue weighted by Gasteiger charge is 2.13. The van der Waals surface area contributed by atoms with Gasteiger partial charge in [0.25, 0.3) is 0 Å². The summed E-state index contributed by atoms with van der Waals surface area (Å²) in [4.78, 5) is 7.02. The van der Waals surface area contributed by atoms with E-state index in [0.29, 0.717) is 5.92 Å². The van der Waals surface area contributed by atoms with Crippen molar-refractivity contribution in [1.82, 2.24) is 14.3 Å². The summed E-state index contributed by atoms with van der Waals surface area (Å²) in [6.07, 6.45) is 5.07. The Bertz CT molecular complexity index is 347. The summed E-state index contributed by atoms with van der Waals surface area (Å²) < 4.78 is 4.29. The van der Waals surface area contributed by atoms with E-state index in [2.05, 4.69) is 33.4 Å². The monoisotopic (exact) mass is 268 g/mol. The molecular formula is C13H24N4S. The van der Waals surface area contributed by atoms with Crippen molar-refractivity contribution in [2.75, 3.05) is 31.5 Å². The molecule has 0 saturated carbocycles. The smallest absolute Gasteiger partial charge is 0.202 e. The van der Waals surface area contributed by atoms with Crippen molar-refractivity contribution in [2.45, 2.75) is 39.5 Å². The molecule has 1 unspecified atom stereocenters. The second kappa shape index (κ2) is 7.04. The number of rotatable bonds is 6. The predicted octanol–water partition coefficient (Wildman–Crippen LogP) is 2.63. The van der Waals surface area contributed by atoms with Crippen molar-refractivity contribution < 1.29 is 0 Å². The molecule has 0 radical (unpaired) electrons. The summed E-state index contributed by atoms with van der Waals surface area (Å²) in [6, 6.07) is 0. The van der Waals surface area contributed by atoms with Gasteiger partial charge in [-0.2, -0.15) is 4.37 Å². The second-order valence-corrected chi connectivity index (χ2v) is 5.97. The van der Waals surface area contributed by atoms with Gasteiger partial charge in [0.2, 0.25) is 5.13 Å². The van der Waals surface area contributed by atoms with Crippen LogP contribution in [0.2, 0.25) is 0 Å². The Morgan fingerprint density at radius 1 is 1.33 bits per heavy atom. The minimum absolute atomic E-state index is 0.664. The molecule has 1 aromatic rings. The Morgan fingerprint density at radius 3 is 2.78 bits per heavy atom. The molecular weight excluding hydrogens is 244 g/mol. The molecule has 1 aliphatic rings. The van der Waals surface area contributed by atoms with Crippen LogP contribution < -0.4 is 5.32 Å². The zero-order valence-corrected chi connectivity index (χ0v) is 12.3. The molecule has 1 atom stereocenters. The fourth-order valence-corrected chi connectivity index (χ4v) is 3.03. The van der Waals surface area contributed by atoms with Gasteiger partial charge in [0.15, 0.2) is 0 Å². The minimum Gasteiger partial charge on any atom is -0.360 e. The van der Waals surface area contributed by atoms with E-state index in [1.165, 1.54) is 50.4 Å². The van der Waals surface area contributed by atoms with Crippen LogP contribution in [0, 0.1) is 5.92 Å². The fraction of sp³-hybridized carbons (Fsp3) is 0.846. The van der Waals surface area contributed by atoms with E-state index < -0.39 is 0 Å². The second-order valence-electron chi connectivity index (χ2n) is 5.22. The van der Waals surface area contributed by atoms with Crippen LogP contribution in [0.15, 0.2) is 0 Å². The maximum atomic E-state index is 4.43. The number of nitrogens with zero attached hydrogens (tertiary/aromatic N) is 3. The zero-order chi connectivity index (χ0) is 12.8. The minimum atomic E-state index is 0.664. The molecule has 1 aromatic heterocycles. The Morgan fingerprint density at radius 2 is 2.11 bits per heavy atom. The van der Waals surface area contributed by atoms with Gasteiger partial charge in [-0.05, 0) is 31.8 Å². The number of likely N-dealkylation sites (tertiary alicyclic amines) is 1. The first-order chi connectivity index (χ1) is 8.78. The molecule has 5 heteroatoms. The summed E-state index contributed by atoms with van der Waals surface area (Å²) in [7, 11) is 0. The van der Waals surface area contributed by atoms with Crippen molar-refractivity contribution in [3.8, 4) is 0 Å². The third-order valence-corrected chi connectivity index (χ3v) is 4.12. The average Bonchev–Trinajstić information content (AvgIpc) is 2.85. The quantitative estimate of drug-likeness (QED) is 0.861. The molecule has 1 aliphatic heterocycles. The molecule has 1 N–H and O–H groups in total. The van der Waals surface area contributed by atoms with Crippen molar-refractivity contribution in [3.63, 3.8) is 0 Å². The Balaban J connectivity index is 1.68. The normalized spacial score (nSPS) is 18.8. The molecule has 1 fully saturated rings. The molecule has 2 rings (SSSR count). The highest BCUT2D eigenvalue weighted by Crippen LogP contribution is 2.14. The summed E-state index contributed by atoms with van der Waals surface area (Å²) in [6.45, 7) is 9.15. The third kappa shape index (κ3) is 4.21. The molecule has 0 bridgehead atoms. The van der Waals surface area contributed by atoms with Gasteiger partial charge in [-0.1, -0.05) is 20.3 Å². The molecule has 0 spiro atoms. The van der Waals surface area contributed by atoms with Gasteiger partial charge in [-0.25, -0.2) is 4.98 Å². The molecule has 0 aliphatic carbocycles. The maximum Gasteiger partial charge on any atom is 0.202 e. The van der Waals surface area contributed by atoms with Crippen LogP contribution in [-0.4, -0.2) is 40.4 Å². The highest BCUT2D eigenvalue weighted by molar-refractivity contribution is 7.09. The molecule has 102 valence electrons. The van der Waals surface area contributed by atoms with Gasteiger partial charge < -0.3 is 10.2 Å². The van der Waals surface area contributed by atoms with Crippen LogP contribution in [0.25, 0.3) is 0 Å². The van der Waals surface area contributed by atoms with E-state index in [0.717, 1.165) is 23.9 Å². The lowest BCUT2D eigenvalue weighted by Crippen LogP contribution is -2.35. The molecule has 18 heavy (non-hydrogen) atoms. The standard InChI is InChI=1S/C13H24N4S/c1-3-12-15-13(18-16-12)14-9-11(2)10-17-7-5-4-6-8-17/h11H,3-10H2,1-2H3,(H,14,15,16). The van der Waals surface area contributed by atoms with E-state index in [9.17, 15) is 0 Å². The summed E-state index contributed by atoms with van der Waals surface area (Å²) in [5.41, 5.74) is 0. The van der Waals surface area contributed by atoms with E-state index in [4.69, 9.17) is 0 Å². The number of nitrogens with one attached hydrogen (secondary N) is 1. The third-order valence-electron chi connectivity index (χ3n) is 3.40.